The maximum absolute atomic E-state index is 11.9. The third-order valence-corrected chi connectivity index (χ3v) is 3.52. The van der Waals surface area contributed by atoms with E-state index in [0.717, 1.165) is 0 Å². The number of aromatic nitrogens is 2. The second-order valence-electron chi connectivity index (χ2n) is 3.44. The molecule has 0 saturated carbocycles. The van der Waals surface area contributed by atoms with Crippen molar-refractivity contribution in [3.8, 4) is 0 Å². The first-order valence-corrected chi connectivity index (χ1v) is 6.33. The molecular weight excluding hydrogens is 321 g/mol. The van der Waals surface area contributed by atoms with E-state index in [0.29, 0.717) is 33.9 Å². The predicted octanol–water partition coefficient (Wildman–Crippen LogP) is 2.46. The van der Waals surface area contributed by atoms with Crippen molar-refractivity contribution in [3.63, 3.8) is 0 Å². The molecule has 1 aromatic heterocycles. The monoisotopic (exact) mass is 329 g/mol. The van der Waals surface area contributed by atoms with Crippen molar-refractivity contribution in [1.29, 1.82) is 0 Å². The molecule has 1 heterocycles. The Bertz CT molecular complexity index is 545. The Morgan fingerprint density at radius 3 is 3.06 bits per heavy atom. The summed E-state index contributed by atoms with van der Waals surface area (Å²) in [5, 5.41) is 6.61. The molecule has 0 atom stereocenters. The van der Waals surface area contributed by atoms with Gasteiger partial charge in [0.2, 0.25) is 5.89 Å². The number of hydrogen-bond acceptors (Lipinski definition) is 4. The van der Waals surface area contributed by atoms with Crippen LogP contribution in [0.5, 0.6) is 0 Å². The lowest BCUT2D eigenvalue weighted by atomic mass is 10.2. The molecule has 0 fully saturated rings. The van der Waals surface area contributed by atoms with Gasteiger partial charge in [-0.05, 0) is 28.1 Å². The molecule has 5 nitrogen and oxygen atoms in total. The highest BCUT2D eigenvalue weighted by molar-refractivity contribution is 9.10. The lowest BCUT2D eigenvalue weighted by Gasteiger charge is -2.06. The van der Waals surface area contributed by atoms with Crippen molar-refractivity contribution >= 4 is 33.4 Å². The first kappa shape index (κ1) is 13.0. The maximum Gasteiger partial charge on any atom is 0.252 e. The summed E-state index contributed by atoms with van der Waals surface area (Å²) in [4.78, 5) is 15.7. The zero-order chi connectivity index (χ0) is 13.0. The number of nitrogens with one attached hydrogen (secondary N) is 1. The third kappa shape index (κ3) is 3.08. The SMILES string of the molecule is O=C(NCCc1ncno1)c1cccc(Br)c1Cl. The van der Waals surface area contributed by atoms with Gasteiger partial charge < -0.3 is 9.84 Å². The summed E-state index contributed by atoms with van der Waals surface area (Å²) in [5.74, 6) is 0.247. The molecule has 1 N–H and O–H groups in total. The minimum absolute atomic E-state index is 0.235. The Balaban J connectivity index is 1.93. The Kier molecular flexibility index (Phi) is 4.33. The molecule has 0 radical (unpaired) electrons. The van der Waals surface area contributed by atoms with Crippen molar-refractivity contribution in [2.45, 2.75) is 6.42 Å². The average Bonchev–Trinajstić information content (AvgIpc) is 2.85. The van der Waals surface area contributed by atoms with Crippen LogP contribution in [0.25, 0.3) is 0 Å². The van der Waals surface area contributed by atoms with Crippen molar-refractivity contribution < 1.29 is 9.32 Å². The molecule has 1 amide bonds. The highest BCUT2D eigenvalue weighted by Crippen LogP contribution is 2.25. The van der Waals surface area contributed by atoms with Crippen LogP contribution in [-0.2, 0) is 6.42 Å². The van der Waals surface area contributed by atoms with Gasteiger partial charge in [-0.15, -0.1) is 0 Å². The van der Waals surface area contributed by atoms with Gasteiger partial charge in [0.25, 0.3) is 5.91 Å². The molecule has 0 saturated heterocycles. The van der Waals surface area contributed by atoms with Crippen LogP contribution in [0.15, 0.2) is 33.5 Å². The van der Waals surface area contributed by atoms with Gasteiger partial charge in [-0.25, -0.2) is 0 Å². The Morgan fingerprint density at radius 2 is 2.33 bits per heavy atom. The van der Waals surface area contributed by atoms with Gasteiger partial charge in [0.1, 0.15) is 0 Å². The van der Waals surface area contributed by atoms with Crippen molar-refractivity contribution in [3.05, 3.63) is 45.5 Å². The first-order chi connectivity index (χ1) is 8.68. The van der Waals surface area contributed by atoms with E-state index in [9.17, 15) is 4.79 Å². The summed E-state index contributed by atoms with van der Waals surface area (Å²) in [5.41, 5.74) is 0.427. The number of rotatable bonds is 4. The van der Waals surface area contributed by atoms with Crippen LogP contribution in [0.2, 0.25) is 5.02 Å². The van der Waals surface area contributed by atoms with Gasteiger partial charge in [-0.1, -0.05) is 22.8 Å². The van der Waals surface area contributed by atoms with Gasteiger partial charge in [-0.2, -0.15) is 4.98 Å². The van der Waals surface area contributed by atoms with Crippen LogP contribution in [0.1, 0.15) is 16.2 Å². The first-order valence-electron chi connectivity index (χ1n) is 5.16. The van der Waals surface area contributed by atoms with E-state index in [4.69, 9.17) is 16.1 Å². The number of amides is 1. The molecular formula is C11H9BrClN3O2. The third-order valence-electron chi connectivity index (χ3n) is 2.23. The molecule has 0 unspecified atom stereocenters. The minimum atomic E-state index is -0.235. The number of benzene rings is 1. The molecule has 1 aromatic carbocycles. The predicted molar refractivity (Wildman–Crippen MR) is 69.5 cm³/mol. The van der Waals surface area contributed by atoms with Gasteiger partial charge >= 0.3 is 0 Å². The molecule has 0 aliphatic heterocycles. The second-order valence-corrected chi connectivity index (χ2v) is 4.67. The van der Waals surface area contributed by atoms with Crippen LogP contribution >= 0.6 is 27.5 Å². The normalized spacial score (nSPS) is 10.3. The van der Waals surface area contributed by atoms with Gasteiger partial charge in [-0.3, -0.25) is 4.79 Å². The smallest absolute Gasteiger partial charge is 0.252 e. The fraction of sp³-hybridized carbons (Fsp3) is 0.182. The van der Waals surface area contributed by atoms with Crippen LogP contribution in [0, 0.1) is 0 Å². The van der Waals surface area contributed by atoms with Crippen LogP contribution in [-0.4, -0.2) is 22.6 Å². The highest BCUT2D eigenvalue weighted by Gasteiger charge is 2.12. The molecule has 7 heteroatoms. The fourth-order valence-corrected chi connectivity index (χ4v) is 1.94. The molecule has 18 heavy (non-hydrogen) atoms. The second kappa shape index (κ2) is 5.97. The van der Waals surface area contributed by atoms with Crippen LogP contribution < -0.4 is 5.32 Å². The van der Waals surface area contributed by atoms with Crippen molar-refractivity contribution in [1.82, 2.24) is 15.5 Å². The van der Waals surface area contributed by atoms with E-state index < -0.39 is 0 Å². The number of halogens is 2. The summed E-state index contributed by atoms with van der Waals surface area (Å²) < 4.78 is 5.51. The summed E-state index contributed by atoms with van der Waals surface area (Å²) in [6, 6.07) is 5.19. The minimum Gasteiger partial charge on any atom is -0.351 e. The molecule has 2 rings (SSSR count). The molecule has 0 spiro atoms. The Labute approximate surface area is 117 Å². The molecule has 94 valence electrons. The molecule has 2 aromatic rings. The van der Waals surface area contributed by atoms with Gasteiger partial charge in [0.15, 0.2) is 6.33 Å². The lowest BCUT2D eigenvalue weighted by Crippen LogP contribution is -2.26. The zero-order valence-corrected chi connectivity index (χ0v) is 11.5. The van der Waals surface area contributed by atoms with E-state index >= 15 is 0 Å². The lowest BCUT2D eigenvalue weighted by molar-refractivity contribution is 0.0953. The van der Waals surface area contributed by atoms with Crippen molar-refractivity contribution in [2.75, 3.05) is 6.54 Å². The van der Waals surface area contributed by atoms with E-state index in [1.807, 2.05) is 0 Å². The number of nitrogens with zero attached hydrogens (tertiary/aromatic N) is 2. The van der Waals surface area contributed by atoms with Gasteiger partial charge in [0.05, 0.1) is 10.6 Å². The summed E-state index contributed by atoms with van der Waals surface area (Å²) in [6.45, 7) is 0.407. The topological polar surface area (TPSA) is 68.0 Å². The Morgan fingerprint density at radius 1 is 1.50 bits per heavy atom. The largest absolute Gasteiger partial charge is 0.351 e. The fourth-order valence-electron chi connectivity index (χ4n) is 1.36. The van der Waals surface area contributed by atoms with Gasteiger partial charge in [0, 0.05) is 17.4 Å². The standard InChI is InChI=1S/C11H9BrClN3O2/c12-8-3-1-2-7(10(8)13)11(17)14-5-4-9-15-6-16-18-9/h1-3,6H,4-5H2,(H,14,17). The average molecular weight is 331 g/mol. The van der Waals surface area contributed by atoms with Crippen LogP contribution in [0.4, 0.5) is 0 Å². The summed E-state index contributed by atoms with van der Waals surface area (Å²) in [7, 11) is 0. The van der Waals surface area contributed by atoms with E-state index in [1.165, 1.54) is 6.33 Å². The van der Waals surface area contributed by atoms with E-state index in [2.05, 4.69) is 31.4 Å². The molecule has 0 aliphatic carbocycles. The van der Waals surface area contributed by atoms with Crippen molar-refractivity contribution in [2.24, 2.45) is 0 Å². The number of carbonyl (C=O) groups excluding carboxylic acids is 1. The highest BCUT2D eigenvalue weighted by atomic mass is 79.9. The summed E-state index contributed by atoms with van der Waals surface area (Å²) >= 11 is 9.29. The van der Waals surface area contributed by atoms with E-state index in [1.54, 1.807) is 18.2 Å². The maximum atomic E-state index is 11.9. The zero-order valence-electron chi connectivity index (χ0n) is 9.19. The quantitative estimate of drug-likeness (QED) is 0.935. The number of carbonyl (C=O) groups is 1. The van der Waals surface area contributed by atoms with Crippen LogP contribution in [0.3, 0.4) is 0 Å². The molecule has 0 aliphatic rings. The number of hydrogen-bond donors (Lipinski definition) is 1. The summed E-state index contributed by atoms with van der Waals surface area (Å²) in [6.07, 6.45) is 1.81. The Hall–Kier alpha value is -1.40. The van der Waals surface area contributed by atoms with E-state index in [-0.39, 0.29) is 5.91 Å². The molecule has 0 bridgehead atoms.